The molecule has 1 atom stereocenters. The summed E-state index contributed by atoms with van der Waals surface area (Å²) in [5.41, 5.74) is 1.80. The number of thiazole rings is 1. The van der Waals surface area contributed by atoms with Crippen molar-refractivity contribution in [2.75, 3.05) is 19.7 Å². The quantitative estimate of drug-likeness (QED) is 0.861. The number of benzene rings is 1. The second-order valence-corrected chi connectivity index (χ2v) is 7.42. The first-order valence-electron chi connectivity index (χ1n) is 8.67. The van der Waals surface area contributed by atoms with E-state index in [1.54, 1.807) is 18.3 Å². The third-order valence-electron chi connectivity index (χ3n) is 4.46. The molecule has 1 aromatic carbocycles. The molecule has 2 heterocycles. The number of nitrogens with zero attached hydrogens (tertiary/aromatic N) is 2. The molecular weight excluding hydrogens is 334 g/mol. The molecule has 3 rings (SSSR count). The van der Waals surface area contributed by atoms with Crippen LogP contribution in [0, 0.1) is 6.92 Å². The van der Waals surface area contributed by atoms with E-state index < -0.39 is 0 Å². The second-order valence-electron chi connectivity index (χ2n) is 6.56. The Labute approximate surface area is 153 Å². The van der Waals surface area contributed by atoms with E-state index in [2.05, 4.69) is 21.3 Å². The van der Waals surface area contributed by atoms with E-state index in [0.29, 0.717) is 6.61 Å². The van der Waals surface area contributed by atoms with Crippen LogP contribution in [0.4, 0.5) is 0 Å². The number of ether oxygens (including phenoxy) is 1. The number of aromatic nitrogens is 1. The summed E-state index contributed by atoms with van der Waals surface area (Å²) in [5.74, 6) is 0.927. The summed E-state index contributed by atoms with van der Waals surface area (Å²) < 4.78 is 5.75. The highest BCUT2D eigenvalue weighted by Crippen LogP contribution is 2.35. The van der Waals surface area contributed by atoms with Gasteiger partial charge in [0.2, 0.25) is 5.91 Å². The molecule has 1 unspecified atom stereocenters. The Morgan fingerprint density at radius 2 is 2.24 bits per heavy atom. The van der Waals surface area contributed by atoms with Gasteiger partial charge >= 0.3 is 0 Å². The van der Waals surface area contributed by atoms with Crippen molar-refractivity contribution in [1.29, 1.82) is 0 Å². The van der Waals surface area contributed by atoms with Gasteiger partial charge in [0.05, 0.1) is 6.61 Å². The maximum Gasteiger partial charge on any atom is 0.217 e. The molecular formula is C19H25N3O2S. The van der Waals surface area contributed by atoms with Gasteiger partial charge in [-0.25, -0.2) is 4.98 Å². The number of rotatable bonds is 6. The minimum absolute atomic E-state index is 0.00980. The van der Waals surface area contributed by atoms with Crippen LogP contribution in [0.15, 0.2) is 29.6 Å². The van der Waals surface area contributed by atoms with E-state index in [1.807, 2.05) is 37.4 Å². The summed E-state index contributed by atoms with van der Waals surface area (Å²) in [6.07, 6.45) is 0.871. The third-order valence-corrected chi connectivity index (χ3v) is 5.62. The summed E-state index contributed by atoms with van der Waals surface area (Å²) in [7, 11) is 0. The average Bonchev–Trinajstić information content (AvgIpc) is 3.17. The van der Waals surface area contributed by atoms with E-state index in [4.69, 9.17) is 4.74 Å². The Hall–Kier alpha value is -1.92. The number of hydrogen-bond donors (Lipinski definition) is 1. The van der Waals surface area contributed by atoms with E-state index in [-0.39, 0.29) is 11.4 Å². The van der Waals surface area contributed by atoms with Gasteiger partial charge in [0.15, 0.2) is 0 Å². The van der Waals surface area contributed by atoms with Crippen molar-refractivity contribution < 1.29 is 9.53 Å². The number of hydrogen-bond acceptors (Lipinski definition) is 5. The molecule has 1 N–H and O–H groups in total. The fourth-order valence-corrected chi connectivity index (χ4v) is 4.41. The molecule has 0 spiro atoms. The van der Waals surface area contributed by atoms with E-state index in [1.165, 1.54) is 5.56 Å². The first-order valence-corrected chi connectivity index (χ1v) is 9.55. The number of likely N-dealkylation sites (tertiary alicyclic amines) is 1. The van der Waals surface area contributed by atoms with Gasteiger partial charge in [-0.2, -0.15) is 0 Å². The van der Waals surface area contributed by atoms with Gasteiger partial charge in [0.1, 0.15) is 16.3 Å². The SMILES string of the molecule is CCOc1ccccc1CN1CCC(NC(C)=O)(c2nc(C)cs2)C1. The standard InChI is InChI=1S/C19H25N3O2S/c1-4-24-17-8-6-5-7-16(17)11-22-10-9-19(13-22,21-15(3)23)18-20-14(2)12-25-18/h5-8,12H,4,9-11,13H2,1-3H3,(H,21,23). The summed E-state index contributed by atoms with van der Waals surface area (Å²) in [6, 6.07) is 8.16. The molecule has 1 aromatic heterocycles. The Morgan fingerprint density at radius 3 is 2.92 bits per heavy atom. The van der Waals surface area contributed by atoms with Crippen molar-refractivity contribution in [3.63, 3.8) is 0 Å². The molecule has 134 valence electrons. The molecule has 6 heteroatoms. The molecule has 2 aromatic rings. The third kappa shape index (κ3) is 4.02. The highest BCUT2D eigenvalue weighted by Gasteiger charge is 2.42. The Kier molecular flexibility index (Phi) is 5.39. The van der Waals surface area contributed by atoms with Crippen LogP contribution < -0.4 is 10.1 Å². The zero-order valence-corrected chi connectivity index (χ0v) is 15.9. The van der Waals surface area contributed by atoms with Gasteiger partial charge in [-0.1, -0.05) is 18.2 Å². The topological polar surface area (TPSA) is 54.5 Å². The minimum Gasteiger partial charge on any atom is -0.494 e. The lowest BCUT2D eigenvalue weighted by Crippen LogP contribution is -2.47. The lowest BCUT2D eigenvalue weighted by atomic mass is 9.99. The lowest BCUT2D eigenvalue weighted by molar-refractivity contribution is -0.120. The van der Waals surface area contributed by atoms with Crippen LogP contribution in [0.5, 0.6) is 5.75 Å². The van der Waals surface area contributed by atoms with Crippen molar-refractivity contribution in [1.82, 2.24) is 15.2 Å². The molecule has 1 amide bonds. The highest BCUT2D eigenvalue weighted by atomic mass is 32.1. The Bertz CT molecular complexity index is 746. The summed E-state index contributed by atoms with van der Waals surface area (Å²) in [5, 5.41) is 6.22. The smallest absolute Gasteiger partial charge is 0.217 e. The second kappa shape index (κ2) is 7.54. The van der Waals surface area contributed by atoms with Gasteiger partial charge in [0, 0.05) is 43.2 Å². The maximum atomic E-state index is 11.8. The first-order chi connectivity index (χ1) is 12.0. The van der Waals surface area contributed by atoms with Crippen molar-refractivity contribution in [2.45, 2.75) is 39.3 Å². The number of nitrogens with one attached hydrogen (secondary N) is 1. The number of carbonyl (C=O) groups excluding carboxylic acids is 1. The van der Waals surface area contributed by atoms with Crippen LogP contribution in [-0.4, -0.2) is 35.5 Å². The molecule has 0 saturated carbocycles. The predicted octanol–water partition coefficient (Wildman–Crippen LogP) is 3.09. The lowest BCUT2D eigenvalue weighted by Gasteiger charge is -2.28. The minimum atomic E-state index is -0.384. The summed E-state index contributed by atoms with van der Waals surface area (Å²) >= 11 is 1.63. The van der Waals surface area contributed by atoms with Crippen molar-refractivity contribution >= 4 is 17.2 Å². The fraction of sp³-hybridized carbons (Fsp3) is 0.474. The van der Waals surface area contributed by atoms with Gasteiger partial charge in [-0.05, 0) is 26.3 Å². The largest absolute Gasteiger partial charge is 0.494 e. The van der Waals surface area contributed by atoms with Crippen molar-refractivity contribution in [2.24, 2.45) is 0 Å². The molecule has 1 fully saturated rings. The maximum absolute atomic E-state index is 11.8. The van der Waals surface area contributed by atoms with Crippen LogP contribution >= 0.6 is 11.3 Å². The highest BCUT2D eigenvalue weighted by molar-refractivity contribution is 7.09. The van der Waals surface area contributed by atoms with Gasteiger partial charge in [0.25, 0.3) is 0 Å². The van der Waals surface area contributed by atoms with Gasteiger partial charge < -0.3 is 10.1 Å². The van der Waals surface area contributed by atoms with Crippen LogP contribution in [-0.2, 0) is 16.9 Å². The zero-order chi connectivity index (χ0) is 17.9. The first kappa shape index (κ1) is 17.9. The summed E-state index contributed by atoms with van der Waals surface area (Å²) in [6.45, 7) is 8.72. The van der Waals surface area contributed by atoms with Crippen LogP contribution in [0.2, 0.25) is 0 Å². The number of carbonyl (C=O) groups is 1. The van der Waals surface area contributed by atoms with Crippen LogP contribution in [0.3, 0.4) is 0 Å². The van der Waals surface area contributed by atoms with E-state index in [9.17, 15) is 4.79 Å². The van der Waals surface area contributed by atoms with Gasteiger partial charge in [-0.15, -0.1) is 11.3 Å². The molecule has 1 aliphatic rings. The molecule has 0 aliphatic carbocycles. The Balaban J connectivity index is 1.79. The van der Waals surface area contributed by atoms with Crippen LogP contribution in [0.25, 0.3) is 0 Å². The van der Waals surface area contributed by atoms with Crippen molar-refractivity contribution in [3.05, 3.63) is 45.9 Å². The number of para-hydroxylation sites is 1. The normalized spacial score (nSPS) is 20.6. The number of amides is 1. The average molecular weight is 359 g/mol. The monoisotopic (exact) mass is 359 g/mol. The summed E-state index contributed by atoms with van der Waals surface area (Å²) in [4.78, 5) is 18.8. The number of aryl methyl sites for hydroxylation is 1. The molecule has 0 bridgehead atoms. The Morgan fingerprint density at radius 1 is 1.44 bits per heavy atom. The van der Waals surface area contributed by atoms with Crippen molar-refractivity contribution in [3.8, 4) is 5.75 Å². The van der Waals surface area contributed by atoms with Crippen LogP contribution in [0.1, 0.15) is 36.5 Å². The molecule has 25 heavy (non-hydrogen) atoms. The predicted molar refractivity (Wildman–Crippen MR) is 99.9 cm³/mol. The zero-order valence-electron chi connectivity index (χ0n) is 15.0. The van der Waals surface area contributed by atoms with E-state index >= 15 is 0 Å². The molecule has 0 radical (unpaired) electrons. The fourth-order valence-electron chi connectivity index (χ4n) is 3.44. The van der Waals surface area contributed by atoms with Gasteiger partial charge in [-0.3, -0.25) is 9.69 Å². The molecule has 5 nitrogen and oxygen atoms in total. The van der Waals surface area contributed by atoms with E-state index in [0.717, 1.165) is 42.5 Å². The molecule has 1 aliphatic heterocycles. The molecule has 1 saturated heterocycles.